The highest BCUT2D eigenvalue weighted by Gasteiger charge is 2.09. The lowest BCUT2D eigenvalue weighted by Gasteiger charge is -2.10. The molecule has 2 N–H and O–H groups in total. The summed E-state index contributed by atoms with van der Waals surface area (Å²) in [5, 5.41) is 6.33. The fourth-order valence-corrected chi connectivity index (χ4v) is 2.50. The molecular weight excluding hydrogens is 304 g/mol. The van der Waals surface area contributed by atoms with Gasteiger partial charge in [0, 0.05) is 24.2 Å². The number of hydrogen-bond donors (Lipinski definition) is 2. The lowest BCUT2D eigenvalue weighted by atomic mass is 10.1. The van der Waals surface area contributed by atoms with Crippen molar-refractivity contribution in [2.75, 3.05) is 18.6 Å². The van der Waals surface area contributed by atoms with E-state index >= 15 is 0 Å². The fourth-order valence-electron chi connectivity index (χ4n) is 1.89. The topological polar surface area (TPSA) is 41.1 Å². The number of carbonyl (C=O) groups excluding carboxylic acids is 1. The van der Waals surface area contributed by atoms with Crippen molar-refractivity contribution in [1.29, 1.82) is 0 Å². The normalized spacial score (nSPS) is 10.2. The molecule has 0 fully saturated rings. The number of carbonyl (C=O) groups is 1. The molecule has 0 aromatic heterocycles. The highest BCUT2D eigenvalue weighted by Crippen LogP contribution is 2.21. The standard InChI is InChI=1S/C16H17ClN2OS/c1-18-16(20)14-9-12(5-8-15(14)17)19-10-11-3-6-13(21-2)7-4-11/h3-9,19H,10H2,1-2H3,(H,18,20). The molecule has 5 heteroatoms. The molecular formula is C16H17ClN2OS. The summed E-state index contributed by atoms with van der Waals surface area (Å²) in [6.45, 7) is 0.698. The summed E-state index contributed by atoms with van der Waals surface area (Å²) >= 11 is 7.75. The van der Waals surface area contributed by atoms with Gasteiger partial charge in [0.25, 0.3) is 5.91 Å². The average Bonchev–Trinajstić information content (AvgIpc) is 2.53. The van der Waals surface area contributed by atoms with Gasteiger partial charge in [0.05, 0.1) is 10.6 Å². The van der Waals surface area contributed by atoms with Crippen molar-refractivity contribution in [3.05, 3.63) is 58.6 Å². The van der Waals surface area contributed by atoms with E-state index in [2.05, 4.69) is 41.2 Å². The van der Waals surface area contributed by atoms with Gasteiger partial charge in [-0.25, -0.2) is 0 Å². The van der Waals surface area contributed by atoms with Crippen LogP contribution < -0.4 is 10.6 Å². The quantitative estimate of drug-likeness (QED) is 0.817. The van der Waals surface area contributed by atoms with Crippen molar-refractivity contribution < 1.29 is 4.79 Å². The zero-order valence-corrected chi connectivity index (χ0v) is 13.5. The van der Waals surface area contributed by atoms with E-state index in [9.17, 15) is 4.79 Å². The Bertz CT molecular complexity index is 629. The van der Waals surface area contributed by atoms with E-state index in [1.54, 1.807) is 30.9 Å². The van der Waals surface area contributed by atoms with Crippen molar-refractivity contribution in [3.63, 3.8) is 0 Å². The lowest BCUT2D eigenvalue weighted by molar-refractivity contribution is 0.0963. The second-order valence-corrected chi connectivity index (χ2v) is 5.76. The van der Waals surface area contributed by atoms with Gasteiger partial charge in [-0.05, 0) is 42.2 Å². The Morgan fingerprint density at radius 1 is 1.19 bits per heavy atom. The number of benzene rings is 2. The predicted molar refractivity (Wildman–Crippen MR) is 90.4 cm³/mol. The second-order valence-electron chi connectivity index (χ2n) is 4.48. The molecule has 110 valence electrons. The first-order valence-corrected chi connectivity index (χ1v) is 8.12. The molecule has 0 saturated carbocycles. The fraction of sp³-hybridized carbons (Fsp3) is 0.188. The smallest absolute Gasteiger partial charge is 0.252 e. The Morgan fingerprint density at radius 3 is 2.52 bits per heavy atom. The molecule has 0 spiro atoms. The van der Waals surface area contributed by atoms with Crippen LogP contribution >= 0.6 is 23.4 Å². The van der Waals surface area contributed by atoms with Crippen LogP contribution in [0.15, 0.2) is 47.4 Å². The molecule has 0 aliphatic carbocycles. The Hall–Kier alpha value is -1.65. The van der Waals surface area contributed by atoms with E-state index in [-0.39, 0.29) is 5.91 Å². The van der Waals surface area contributed by atoms with Crippen LogP contribution in [0.5, 0.6) is 0 Å². The molecule has 2 aromatic carbocycles. The van der Waals surface area contributed by atoms with Gasteiger partial charge in [-0.2, -0.15) is 0 Å². The molecule has 2 aromatic rings. The maximum atomic E-state index is 11.7. The van der Waals surface area contributed by atoms with Crippen LogP contribution in [-0.2, 0) is 6.54 Å². The predicted octanol–water partition coefficient (Wildman–Crippen LogP) is 4.03. The zero-order chi connectivity index (χ0) is 15.2. The molecule has 0 heterocycles. The average molecular weight is 321 g/mol. The monoisotopic (exact) mass is 320 g/mol. The molecule has 0 saturated heterocycles. The van der Waals surface area contributed by atoms with Crippen LogP contribution in [0, 0.1) is 0 Å². The van der Waals surface area contributed by atoms with Gasteiger partial charge in [0.15, 0.2) is 0 Å². The molecule has 0 aliphatic heterocycles. The first kappa shape index (κ1) is 15.7. The summed E-state index contributed by atoms with van der Waals surface area (Å²) in [7, 11) is 1.59. The minimum atomic E-state index is -0.187. The van der Waals surface area contributed by atoms with E-state index in [1.165, 1.54) is 10.5 Å². The summed E-state index contributed by atoms with van der Waals surface area (Å²) in [6, 6.07) is 13.7. The lowest BCUT2D eigenvalue weighted by Crippen LogP contribution is -2.18. The van der Waals surface area contributed by atoms with E-state index in [0.29, 0.717) is 17.1 Å². The van der Waals surface area contributed by atoms with E-state index in [1.807, 2.05) is 6.07 Å². The zero-order valence-electron chi connectivity index (χ0n) is 11.9. The van der Waals surface area contributed by atoms with Gasteiger partial charge >= 0.3 is 0 Å². The number of halogens is 1. The Labute approximate surface area is 134 Å². The molecule has 0 unspecified atom stereocenters. The van der Waals surface area contributed by atoms with Gasteiger partial charge < -0.3 is 10.6 Å². The third kappa shape index (κ3) is 4.16. The highest BCUT2D eigenvalue weighted by atomic mass is 35.5. The Morgan fingerprint density at radius 2 is 1.90 bits per heavy atom. The summed E-state index contributed by atoms with van der Waals surface area (Å²) in [5.41, 5.74) is 2.53. The third-order valence-electron chi connectivity index (χ3n) is 3.09. The maximum Gasteiger partial charge on any atom is 0.252 e. The molecule has 0 bridgehead atoms. The highest BCUT2D eigenvalue weighted by molar-refractivity contribution is 7.98. The number of nitrogens with one attached hydrogen (secondary N) is 2. The van der Waals surface area contributed by atoms with Crippen LogP contribution in [0.25, 0.3) is 0 Å². The third-order valence-corrected chi connectivity index (χ3v) is 4.17. The number of anilines is 1. The minimum Gasteiger partial charge on any atom is -0.381 e. The molecule has 2 rings (SSSR count). The van der Waals surface area contributed by atoms with E-state index in [4.69, 9.17) is 11.6 Å². The van der Waals surface area contributed by atoms with Crippen LogP contribution in [0.4, 0.5) is 5.69 Å². The summed E-state index contributed by atoms with van der Waals surface area (Å²) < 4.78 is 0. The van der Waals surface area contributed by atoms with Gasteiger partial charge in [-0.1, -0.05) is 23.7 Å². The van der Waals surface area contributed by atoms with Crippen LogP contribution in [0.2, 0.25) is 5.02 Å². The summed E-state index contributed by atoms with van der Waals surface area (Å²) in [4.78, 5) is 12.9. The summed E-state index contributed by atoms with van der Waals surface area (Å²) in [5.74, 6) is -0.187. The van der Waals surface area contributed by atoms with Crippen molar-refractivity contribution >= 4 is 35.0 Å². The molecule has 21 heavy (non-hydrogen) atoms. The molecule has 0 atom stereocenters. The van der Waals surface area contributed by atoms with Gasteiger partial charge in [0.2, 0.25) is 0 Å². The maximum absolute atomic E-state index is 11.7. The Kier molecular flexibility index (Phi) is 5.53. The van der Waals surface area contributed by atoms with Gasteiger partial charge in [0.1, 0.15) is 0 Å². The molecule has 3 nitrogen and oxygen atoms in total. The van der Waals surface area contributed by atoms with Gasteiger partial charge in [-0.3, -0.25) is 4.79 Å². The van der Waals surface area contributed by atoms with Crippen LogP contribution in [-0.4, -0.2) is 19.2 Å². The Balaban J connectivity index is 2.07. The van der Waals surface area contributed by atoms with Crippen molar-refractivity contribution in [2.24, 2.45) is 0 Å². The number of amides is 1. The van der Waals surface area contributed by atoms with Crippen LogP contribution in [0.3, 0.4) is 0 Å². The van der Waals surface area contributed by atoms with Crippen LogP contribution in [0.1, 0.15) is 15.9 Å². The van der Waals surface area contributed by atoms with Crippen molar-refractivity contribution in [2.45, 2.75) is 11.4 Å². The second kappa shape index (κ2) is 7.38. The first-order valence-electron chi connectivity index (χ1n) is 6.52. The van der Waals surface area contributed by atoms with Crippen molar-refractivity contribution in [3.8, 4) is 0 Å². The SMILES string of the molecule is CNC(=O)c1cc(NCc2ccc(SC)cc2)ccc1Cl. The number of rotatable bonds is 5. The molecule has 0 radical (unpaired) electrons. The first-order chi connectivity index (χ1) is 10.1. The van der Waals surface area contributed by atoms with E-state index in [0.717, 1.165) is 5.69 Å². The largest absolute Gasteiger partial charge is 0.381 e. The minimum absolute atomic E-state index is 0.187. The van der Waals surface area contributed by atoms with E-state index < -0.39 is 0 Å². The van der Waals surface area contributed by atoms with Gasteiger partial charge in [-0.15, -0.1) is 11.8 Å². The molecule has 1 amide bonds. The number of hydrogen-bond acceptors (Lipinski definition) is 3. The number of thioether (sulfide) groups is 1. The molecule has 0 aliphatic rings. The van der Waals surface area contributed by atoms with Crippen molar-refractivity contribution in [1.82, 2.24) is 5.32 Å². The summed E-state index contributed by atoms with van der Waals surface area (Å²) in [6.07, 6.45) is 2.06.